The number of nitriles is 1. The average molecular weight is 432 g/mol. The molecule has 2 N–H and O–H groups in total. The summed E-state index contributed by atoms with van der Waals surface area (Å²) in [6.07, 6.45) is -2.05. The lowest BCUT2D eigenvalue weighted by Crippen LogP contribution is -2.40. The summed E-state index contributed by atoms with van der Waals surface area (Å²) in [6, 6.07) is 8.03. The molecule has 2 fully saturated rings. The first kappa shape index (κ1) is 21.3. The van der Waals surface area contributed by atoms with Crippen LogP contribution in [-0.2, 0) is 16.3 Å². The molecule has 2 aliphatic heterocycles. The van der Waals surface area contributed by atoms with Crippen molar-refractivity contribution in [3.05, 3.63) is 41.6 Å². The standard InChI is InChI=1S/C21H23F3N6O/c22-21(23,24)15-1-4-27-17(11-15)28-18-12-16(20(14-25)2-5-26-6-3-20)13-19(29-18)30-7-9-31-10-8-30/h1,4,11-13,26H,2-3,5-10H2,(H,27,28,29). The van der Waals surface area contributed by atoms with Crippen LogP contribution >= 0.6 is 0 Å². The lowest BCUT2D eigenvalue weighted by Gasteiger charge is -2.34. The topological polar surface area (TPSA) is 86.1 Å². The Morgan fingerprint density at radius 1 is 1.13 bits per heavy atom. The van der Waals surface area contributed by atoms with Crippen molar-refractivity contribution in [2.45, 2.75) is 24.4 Å². The Labute approximate surface area is 178 Å². The number of morpholine rings is 1. The van der Waals surface area contributed by atoms with Crippen molar-refractivity contribution in [3.63, 3.8) is 0 Å². The molecule has 0 amide bonds. The van der Waals surface area contributed by atoms with Crippen LogP contribution in [0.15, 0.2) is 30.5 Å². The molecule has 4 heterocycles. The number of hydrogen-bond donors (Lipinski definition) is 2. The number of alkyl halides is 3. The third-order valence-electron chi connectivity index (χ3n) is 5.71. The fraction of sp³-hybridized carbons (Fsp3) is 0.476. The van der Waals surface area contributed by atoms with E-state index in [0.717, 1.165) is 37.0 Å². The van der Waals surface area contributed by atoms with E-state index in [9.17, 15) is 18.4 Å². The van der Waals surface area contributed by atoms with Crippen LogP contribution in [0.25, 0.3) is 0 Å². The number of aromatic nitrogens is 2. The van der Waals surface area contributed by atoms with E-state index in [1.807, 2.05) is 6.07 Å². The maximum atomic E-state index is 13.1. The Morgan fingerprint density at radius 3 is 2.55 bits per heavy atom. The minimum Gasteiger partial charge on any atom is -0.378 e. The van der Waals surface area contributed by atoms with Crippen molar-refractivity contribution in [1.82, 2.24) is 15.3 Å². The van der Waals surface area contributed by atoms with E-state index in [-0.39, 0.29) is 5.82 Å². The second-order valence-corrected chi connectivity index (χ2v) is 7.70. The molecule has 10 heteroatoms. The van der Waals surface area contributed by atoms with E-state index in [1.165, 1.54) is 0 Å². The zero-order valence-electron chi connectivity index (χ0n) is 16.9. The van der Waals surface area contributed by atoms with Crippen molar-refractivity contribution in [1.29, 1.82) is 5.26 Å². The molecule has 0 aromatic carbocycles. The van der Waals surface area contributed by atoms with Crippen molar-refractivity contribution < 1.29 is 17.9 Å². The van der Waals surface area contributed by atoms with Crippen LogP contribution in [0, 0.1) is 11.3 Å². The van der Waals surface area contributed by atoms with Gasteiger partial charge in [-0.25, -0.2) is 9.97 Å². The van der Waals surface area contributed by atoms with E-state index in [0.29, 0.717) is 50.8 Å². The summed E-state index contributed by atoms with van der Waals surface area (Å²) in [7, 11) is 0. The van der Waals surface area contributed by atoms with Crippen molar-refractivity contribution >= 4 is 17.5 Å². The van der Waals surface area contributed by atoms with Crippen LogP contribution in [0.4, 0.5) is 30.6 Å². The Hall–Kier alpha value is -2.90. The SMILES string of the molecule is N#CC1(c2cc(Nc3cc(C(F)(F)F)ccn3)nc(N3CCOCC3)c2)CCNCC1. The zero-order valence-corrected chi connectivity index (χ0v) is 16.9. The van der Waals surface area contributed by atoms with Gasteiger partial charge in [0.1, 0.15) is 17.5 Å². The quantitative estimate of drug-likeness (QED) is 0.767. The molecule has 0 radical (unpaired) electrons. The van der Waals surface area contributed by atoms with Gasteiger partial charge < -0.3 is 20.3 Å². The Morgan fingerprint density at radius 2 is 1.87 bits per heavy atom. The number of ether oxygens (including phenoxy) is 1. The monoisotopic (exact) mass is 432 g/mol. The number of rotatable bonds is 4. The zero-order chi connectivity index (χ0) is 21.9. The summed E-state index contributed by atoms with van der Waals surface area (Å²) in [5, 5.41) is 16.2. The minimum absolute atomic E-state index is 0.0451. The van der Waals surface area contributed by atoms with Gasteiger partial charge in [-0.3, -0.25) is 0 Å². The lowest BCUT2D eigenvalue weighted by molar-refractivity contribution is -0.137. The molecular weight excluding hydrogens is 409 g/mol. The van der Waals surface area contributed by atoms with E-state index < -0.39 is 17.2 Å². The number of halogens is 3. The summed E-state index contributed by atoms with van der Waals surface area (Å²) < 4.78 is 44.7. The summed E-state index contributed by atoms with van der Waals surface area (Å²) >= 11 is 0. The van der Waals surface area contributed by atoms with Crippen molar-refractivity contribution in [2.24, 2.45) is 0 Å². The van der Waals surface area contributed by atoms with Gasteiger partial charge in [0.05, 0.1) is 30.3 Å². The minimum atomic E-state index is -4.46. The summed E-state index contributed by atoms with van der Waals surface area (Å²) in [5.74, 6) is 1.08. The van der Waals surface area contributed by atoms with E-state index >= 15 is 0 Å². The highest BCUT2D eigenvalue weighted by Gasteiger charge is 2.35. The fourth-order valence-corrected chi connectivity index (χ4v) is 3.94. The molecule has 2 aliphatic rings. The normalized spacial score (nSPS) is 19.0. The van der Waals surface area contributed by atoms with Gasteiger partial charge >= 0.3 is 6.18 Å². The number of nitrogens with zero attached hydrogens (tertiary/aromatic N) is 4. The molecular formula is C21H23F3N6O. The Bertz CT molecular complexity index is 962. The average Bonchev–Trinajstić information content (AvgIpc) is 2.79. The molecule has 0 unspecified atom stereocenters. The third kappa shape index (κ3) is 4.73. The maximum absolute atomic E-state index is 13.1. The van der Waals surface area contributed by atoms with Gasteiger partial charge in [-0.2, -0.15) is 18.4 Å². The van der Waals surface area contributed by atoms with Crippen molar-refractivity contribution in [2.75, 3.05) is 49.6 Å². The molecule has 0 atom stereocenters. The maximum Gasteiger partial charge on any atom is 0.416 e. The first-order chi connectivity index (χ1) is 14.9. The molecule has 0 saturated carbocycles. The van der Waals surface area contributed by atoms with Crippen LogP contribution in [-0.4, -0.2) is 49.4 Å². The van der Waals surface area contributed by atoms with Crippen LogP contribution in [0.5, 0.6) is 0 Å². The molecule has 7 nitrogen and oxygen atoms in total. The number of anilines is 3. The summed E-state index contributed by atoms with van der Waals surface area (Å²) in [5.41, 5.74) is -0.656. The first-order valence-corrected chi connectivity index (χ1v) is 10.2. The van der Waals surface area contributed by atoms with E-state index in [2.05, 4.69) is 31.6 Å². The number of piperidine rings is 1. The van der Waals surface area contributed by atoms with Crippen LogP contribution < -0.4 is 15.5 Å². The van der Waals surface area contributed by atoms with Crippen LogP contribution in [0.3, 0.4) is 0 Å². The number of pyridine rings is 2. The largest absolute Gasteiger partial charge is 0.416 e. The van der Waals surface area contributed by atoms with Gasteiger partial charge in [-0.05, 0) is 55.8 Å². The molecule has 0 spiro atoms. The van der Waals surface area contributed by atoms with E-state index in [4.69, 9.17) is 4.74 Å². The van der Waals surface area contributed by atoms with Gasteiger partial charge in [0.2, 0.25) is 0 Å². The van der Waals surface area contributed by atoms with Gasteiger partial charge in [0.15, 0.2) is 0 Å². The Balaban J connectivity index is 1.72. The van der Waals surface area contributed by atoms with Crippen molar-refractivity contribution in [3.8, 4) is 6.07 Å². The van der Waals surface area contributed by atoms with Crippen LogP contribution in [0.2, 0.25) is 0 Å². The summed E-state index contributed by atoms with van der Waals surface area (Å²) in [6.45, 7) is 3.88. The van der Waals surface area contributed by atoms with E-state index in [1.54, 1.807) is 6.07 Å². The second-order valence-electron chi connectivity index (χ2n) is 7.70. The smallest absolute Gasteiger partial charge is 0.378 e. The summed E-state index contributed by atoms with van der Waals surface area (Å²) in [4.78, 5) is 10.7. The molecule has 2 aromatic heterocycles. The van der Waals surface area contributed by atoms with Crippen LogP contribution in [0.1, 0.15) is 24.0 Å². The van der Waals surface area contributed by atoms with Gasteiger partial charge in [-0.1, -0.05) is 0 Å². The Kier molecular flexibility index (Phi) is 5.98. The molecule has 0 aliphatic carbocycles. The lowest BCUT2D eigenvalue weighted by atomic mass is 9.74. The van der Waals surface area contributed by atoms with Gasteiger partial charge in [0.25, 0.3) is 0 Å². The molecule has 164 valence electrons. The first-order valence-electron chi connectivity index (χ1n) is 10.2. The highest BCUT2D eigenvalue weighted by molar-refractivity contribution is 5.60. The highest BCUT2D eigenvalue weighted by Crippen LogP contribution is 2.36. The second kappa shape index (κ2) is 8.69. The number of nitrogens with one attached hydrogen (secondary N) is 2. The third-order valence-corrected chi connectivity index (χ3v) is 5.71. The molecule has 4 rings (SSSR count). The van der Waals surface area contributed by atoms with Gasteiger partial charge in [0, 0.05) is 19.3 Å². The molecule has 2 aromatic rings. The number of hydrogen-bond acceptors (Lipinski definition) is 7. The highest BCUT2D eigenvalue weighted by atomic mass is 19.4. The molecule has 0 bridgehead atoms. The van der Waals surface area contributed by atoms with Gasteiger partial charge in [-0.15, -0.1) is 0 Å². The molecule has 31 heavy (non-hydrogen) atoms. The molecule has 2 saturated heterocycles. The fourth-order valence-electron chi connectivity index (χ4n) is 3.94. The predicted octanol–water partition coefficient (Wildman–Crippen LogP) is 3.22. The predicted molar refractivity (Wildman–Crippen MR) is 109 cm³/mol.